The molecule has 0 aliphatic carbocycles. The molecule has 0 saturated heterocycles. The van der Waals surface area contributed by atoms with E-state index in [9.17, 15) is 14.9 Å². The number of nitro benzene ring substituents is 1. The van der Waals surface area contributed by atoms with Gasteiger partial charge in [0.1, 0.15) is 6.61 Å². The van der Waals surface area contributed by atoms with E-state index in [-0.39, 0.29) is 24.4 Å². The van der Waals surface area contributed by atoms with Gasteiger partial charge in [0, 0.05) is 11.6 Å². The van der Waals surface area contributed by atoms with Crippen LogP contribution >= 0.6 is 15.9 Å². The molecule has 2 rings (SSSR count). The Morgan fingerprint density at radius 1 is 1.25 bits per heavy atom. The molecule has 126 valence electrons. The lowest BCUT2D eigenvalue weighted by Crippen LogP contribution is -2.28. The summed E-state index contributed by atoms with van der Waals surface area (Å²) in [7, 11) is 1.55. The Morgan fingerprint density at radius 2 is 1.96 bits per heavy atom. The van der Waals surface area contributed by atoms with Crippen molar-refractivity contribution in [3.63, 3.8) is 0 Å². The van der Waals surface area contributed by atoms with E-state index < -0.39 is 10.8 Å². The summed E-state index contributed by atoms with van der Waals surface area (Å²) in [6.07, 6.45) is 0. The van der Waals surface area contributed by atoms with Gasteiger partial charge in [0.05, 0.1) is 23.1 Å². The zero-order valence-electron chi connectivity index (χ0n) is 12.8. The van der Waals surface area contributed by atoms with E-state index in [2.05, 4.69) is 21.2 Å². The summed E-state index contributed by atoms with van der Waals surface area (Å²) in [6, 6.07) is 11.4. The molecule has 2 aromatic rings. The van der Waals surface area contributed by atoms with Crippen molar-refractivity contribution >= 4 is 27.5 Å². The van der Waals surface area contributed by atoms with Crippen LogP contribution in [0.4, 0.5) is 5.69 Å². The highest BCUT2D eigenvalue weighted by Gasteiger charge is 2.15. The van der Waals surface area contributed by atoms with Crippen LogP contribution in [0.1, 0.15) is 10.4 Å². The molecule has 0 aliphatic rings. The van der Waals surface area contributed by atoms with E-state index in [0.29, 0.717) is 16.0 Å². The fourth-order valence-electron chi connectivity index (χ4n) is 1.96. The maximum Gasteiger partial charge on any atom is 0.284 e. The Kier molecular flexibility index (Phi) is 6.14. The summed E-state index contributed by atoms with van der Waals surface area (Å²) in [6.45, 7) is 0.492. The van der Waals surface area contributed by atoms with Crippen LogP contribution in [0.3, 0.4) is 0 Å². The number of ether oxygens (including phenoxy) is 2. The number of carbonyl (C=O) groups excluding carboxylic acids is 1. The average Bonchev–Trinajstić information content (AvgIpc) is 2.59. The minimum Gasteiger partial charge on any atom is -0.493 e. The van der Waals surface area contributed by atoms with Crippen LogP contribution < -0.4 is 14.8 Å². The van der Waals surface area contributed by atoms with Gasteiger partial charge in [-0.1, -0.05) is 12.1 Å². The van der Waals surface area contributed by atoms with E-state index >= 15 is 0 Å². The van der Waals surface area contributed by atoms with Gasteiger partial charge in [-0.2, -0.15) is 0 Å². The molecule has 24 heavy (non-hydrogen) atoms. The number of nitro groups is 1. The van der Waals surface area contributed by atoms with Crippen molar-refractivity contribution in [2.24, 2.45) is 0 Å². The first-order valence-corrected chi connectivity index (χ1v) is 7.80. The molecule has 0 saturated carbocycles. The zero-order chi connectivity index (χ0) is 17.5. The summed E-state index contributed by atoms with van der Waals surface area (Å²) >= 11 is 3.08. The molecule has 1 amide bonds. The molecule has 0 aromatic heterocycles. The first kappa shape index (κ1) is 17.7. The third kappa shape index (κ3) is 4.45. The molecular formula is C16H15BrN2O5. The number of hydrogen-bond acceptors (Lipinski definition) is 5. The lowest BCUT2D eigenvalue weighted by molar-refractivity contribution is -0.385. The van der Waals surface area contributed by atoms with Crippen molar-refractivity contribution in [1.29, 1.82) is 0 Å². The van der Waals surface area contributed by atoms with Crippen molar-refractivity contribution in [3.8, 4) is 11.5 Å². The average molecular weight is 395 g/mol. The minimum atomic E-state index is -0.550. The maximum atomic E-state index is 12.0. The van der Waals surface area contributed by atoms with Gasteiger partial charge in [0.2, 0.25) is 0 Å². The largest absolute Gasteiger partial charge is 0.493 e. The number of halogens is 1. The van der Waals surface area contributed by atoms with Crippen LogP contribution in [0.5, 0.6) is 11.5 Å². The number of hydrogen-bond donors (Lipinski definition) is 1. The summed E-state index contributed by atoms with van der Waals surface area (Å²) in [5, 5.41) is 13.5. The van der Waals surface area contributed by atoms with Gasteiger partial charge < -0.3 is 14.8 Å². The van der Waals surface area contributed by atoms with Gasteiger partial charge in [0.25, 0.3) is 11.6 Å². The van der Waals surface area contributed by atoms with Crippen LogP contribution in [-0.4, -0.2) is 31.1 Å². The molecule has 0 fully saturated rings. The van der Waals surface area contributed by atoms with E-state index in [1.807, 2.05) is 12.1 Å². The number of benzene rings is 2. The standard InChI is InChI=1S/C16H15BrN2O5/c1-23-14-4-2-3-5-15(14)24-9-8-18-16(20)11-6-7-12(17)13(10-11)19(21)22/h2-7,10H,8-9H2,1H3,(H,18,20). The van der Waals surface area contributed by atoms with Crippen LogP contribution in [0.2, 0.25) is 0 Å². The number of nitrogens with zero attached hydrogens (tertiary/aromatic N) is 1. The number of amides is 1. The summed E-state index contributed by atoms with van der Waals surface area (Å²) < 4.78 is 11.0. The SMILES string of the molecule is COc1ccccc1OCCNC(=O)c1ccc(Br)c([N+](=O)[O-])c1. The smallest absolute Gasteiger partial charge is 0.284 e. The van der Waals surface area contributed by atoms with Gasteiger partial charge >= 0.3 is 0 Å². The minimum absolute atomic E-state index is 0.159. The van der Waals surface area contributed by atoms with Gasteiger partial charge in [-0.05, 0) is 40.2 Å². The third-order valence-electron chi connectivity index (χ3n) is 3.12. The topological polar surface area (TPSA) is 90.7 Å². The Labute approximate surface area is 146 Å². The predicted molar refractivity (Wildman–Crippen MR) is 91.6 cm³/mol. The molecule has 0 atom stereocenters. The lowest BCUT2D eigenvalue weighted by Gasteiger charge is -2.11. The molecule has 0 radical (unpaired) electrons. The Morgan fingerprint density at radius 3 is 2.62 bits per heavy atom. The first-order valence-electron chi connectivity index (χ1n) is 7.01. The van der Waals surface area contributed by atoms with E-state index in [4.69, 9.17) is 9.47 Å². The fourth-order valence-corrected chi connectivity index (χ4v) is 2.35. The molecular weight excluding hydrogens is 380 g/mol. The monoisotopic (exact) mass is 394 g/mol. The molecule has 0 aliphatic heterocycles. The van der Waals surface area contributed by atoms with Gasteiger partial charge in [0.15, 0.2) is 11.5 Å². The van der Waals surface area contributed by atoms with Gasteiger partial charge in [-0.25, -0.2) is 0 Å². The number of nitrogens with one attached hydrogen (secondary N) is 1. The Balaban J connectivity index is 1.90. The number of methoxy groups -OCH3 is 1. The quantitative estimate of drug-likeness (QED) is 0.442. The van der Waals surface area contributed by atoms with Gasteiger partial charge in [-0.3, -0.25) is 14.9 Å². The summed E-state index contributed by atoms with van der Waals surface area (Å²) in [5.41, 5.74) is 0.0510. The van der Waals surface area contributed by atoms with E-state index in [1.54, 1.807) is 19.2 Å². The highest BCUT2D eigenvalue weighted by Crippen LogP contribution is 2.26. The van der Waals surface area contributed by atoms with Crippen molar-refractivity contribution in [2.45, 2.75) is 0 Å². The van der Waals surface area contributed by atoms with Crippen LogP contribution in [-0.2, 0) is 0 Å². The summed E-state index contributed by atoms with van der Waals surface area (Å²) in [4.78, 5) is 22.4. The second kappa shape index (κ2) is 8.30. The molecule has 0 heterocycles. The van der Waals surface area contributed by atoms with Gasteiger partial charge in [-0.15, -0.1) is 0 Å². The molecule has 1 N–H and O–H groups in total. The maximum absolute atomic E-state index is 12.0. The number of para-hydroxylation sites is 2. The van der Waals surface area contributed by atoms with Crippen molar-refractivity contribution in [3.05, 3.63) is 62.6 Å². The molecule has 0 bridgehead atoms. The molecule has 7 nitrogen and oxygen atoms in total. The van der Waals surface area contributed by atoms with Crippen molar-refractivity contribution in [2.75, 3.05) is 20.3 Å². The Hall–Kier alpha value is -2.61. The Bertz CT molecular complexity index is 751. The normalized spacial score (nSPS) is 10.1. The second-order valence-corrected chi connectivity index (χ2v) is 5.53. The van der Waals surface area contributed by atoms with E-state index in [0.717, 1.165) is 0 Å². The first-order chi connectivity index (χ1) is 11.5. The molecule has 0 unspecified atom stereocenters. The van der Waals surface area contributed by atoms with Crippen LogP contribution in [0, 0.1) is 10.1 Å². The van der Waals surface area contributed by atoms with Crippen molar-refractivity contribution < 1.29 is 19.2 Å². The van der Waals surface area contributed by atoms with Crippen LogP contribution in [0.25, 0.3) is 0 Å². The molecule has 0 spiro atoms. The third-order valence-corrected chi connectivity index (χ3v) is 3.79. The highest BCUT2D eigenvalue weighted by atomic mass is 79.9. The number of rotatable bonds is 7. The number of carbonyl (C=O) groups is 1. The van der Waals surface area contributed by atoms with Crippen LogP contribution in [0.15, 0.2) is 46.9 Å². The second-order valence-electron chi connectivity index (χ2n) is 4.68. The zero-order valence-corrected chi connectivity index (χ0v) is 14.4. The summed E-state index contributed by atoms with van der Waals surface area (Å²) in [5.74, 6) is 0.773. The van der Waals surface area contributed by atoms with Crippen molar-refractivity contribution in [1.82, 2.24) is 5.32 Å². The molecule has 8 heteroatoms. The van der Waals surface area contributed by atoms with E-state index in [1.165, 1.54) is 18.2 Å². The molecule has 2 aromatic carbocycles. The fraction of sp³-hybridized carbons (Fsp3) is 0.188. The lowest BCUT2D eigenvalue weighted by atomic mass is 10.2. The predicted octanol–water partition coefficient (Wildman–Crippen LogP) is 3.17. The highest BCUT2D eigenvalue weighted by molar-refractivity contribution is 9.10.